The lowest BCUT2D eigenvalue weighted by Crippen LogP contribution is -2.18. The van der Waals surface area contributed by atoms with Crippen LogP contribution in [0.25, 0.3) is 0 Å². The van der Waals surface area contributed by atoms with Crippen molar-refractivity contribution < 1.29 is 19.1 Å². The number of benzene rings is 1. The molecule has 1 aromatic rings. The van der Waals surface area contributed by atoms with Gasteiger partial charge in [-0.05, 0) is 17.7 Å². The van der Waals surface area contributed by atoms with Crippen LogP contribution in [-0.2, 0) is 9.53 Å². The molecule has 92 valence electrons. The molecule has 0 spiro atoms. The maximum absolute atomic E-state index is 10.8. The highest BCUT2D eigenvalue weighted by molar-refractivity contribution is 5.85. The fourth-order valence-corrected chi connectivity index (χ4v) is 1.50. The molecule has 0 unspecified atom stereocenters. The Morgan fingerprint density at radius 3 is 2.53 bits per heavy atom. The molecule has 1 fully saturated rings. The van der Waals surface area contributed by atoms with Crippen LogP contribution in [-0.4, -0.2) is 18.7 Å². The Bertz CT molecular complexity index is 418. The minimum absolute atomic E-state index is 0. The predicted molar refractivity (Wildman–Crippen MR) is 62.2 cm³/mol. The molecule has 1 aliphatic rings. The van der Waals surface area contributed by atoms with E-state index in [-0.39, 0.29) is 24.4 Å². The maximum atomic E-state index is 10.8. The van der Waals surface area contributed by atoms with Gasteiger partial charge in [0.2, 0.25) is 0 Å². The predicted octanol–water partition coefficient (Wildman–Crippen LogP) is 1.81. The quantitative estimate of drug-likeness (QED) is 0.648. The topological polar surface area (TPSA) is 64.6 Å². The van der Waals surface area contributed by atoms with E-state index in [1.807, 2.05) is 0 Å². The second-order valence-electron chi connectivity index (χ2n) is 3.46. The fraction of sp³-hybridized carbons (Fsp3) is 0.273. The Morgan fingerprint density at radius 1 is 1.41 bits per heavy atom. The Labute approximate surface area is 105 Å². The van der Waals surface area contributed by atoms with Gasteiger partial charge in [0.15, 0.2) is 0 Å². The summed E-state index contributed by atoms with van der Waals surface area (Å²) < 4.78 is 9.67. The van der Waals surface area contributed by atoms with Gasteiger partial charge in [-0.2, -0.15) is 0 Å². The summed E-state index contributed by atoms with van der Waals surface area (Å²) in [5, 5.41) is 2.66. The van der Waals surface area contributed by atoms with E-state index in [1.54, 1.807) is 24.3 Å². The molecule has 0 aliphatic carbocycles. The molecule has 0 bridgehead atoms. The van der Waals surface area contributed by atoms with Crippen LogP contribution < -0.4 is 10.1 Å². The number of ether oxygens (including phenoxy) is 2. The number of nitrogens with one attached hydrogen (secondary N) is 1. The van der Waals surface area contributed by atoms with Gasteiger partial charge in [0.1, 0.15) is 12.4 Å². The van der Waals surface area contributed by atoms with Gasteiger partial charge < -0.3 is 14.8 Å². The van der Waals surface area contributed by atoms with E-state index in [9.17, 15) is 9.59 Å². The van der Waals surface area contributed by atoms with E-state index in [1.165, 1.54) is 6.92 Å². The van der Waals surface area contributed by atoms with Gasteiger partial charge in [-0.1, -0.05) is 12.1 Å². The minimum Gasteiger partial charge on any atom is -0.447 e. The van der Waals surface area contributed by atoms with Crippen LogP contribution in [0, 0.1) is 0 Å². The third kappa shape index (κ3) is 3.35. The first-order valence-corrected chi connectivity index (χ1v) is 4.87. The molecule has 1 heterocycles. The normalized spacial score (nSPS) is 17.7. The molecule has 1 saturated heterocycles. The first-order chi connectivity index (χ1) is 7.65. The highest BCUT2D eigenvalue weighted by Crippen LogP contribution is 2.21. The summed E-state index contributed by atoms with van der Waals surface area (Å²) in [4.78, 5) is 21.5. The van der Waals surface area contributed by atoms with E-state index in [0.717, 1.165) is 5.56 Å². The van der Waals surface area contributed by atoms with Crippen LogP contribution in [0.5, 0.6) is 5.75 Å². The summed E-state index contributed by atoms with van der Waals surface area (Å²) in [5.41, 5.74) is 0.918. The summed E-state index contributed by atoms with van der Waals surface area (Å²) in [6.45, 7) is 1.67. The summed E-state index contributed by atoms with van der Waals surface area (Å²) in [7, 11) is 0. The molecular formula is C11H12ClNO4. The average molecular weight is 258 g/mol. The van der Waals surface area contributed by atoms with Crippen molar-refractivity contribution in [2.24, 2.45) is 0 Å². The van der Waals surface area contributed by atoms with Crippen LogP contribution in [0.15, 0.2) is 24.3 Å². The molecule has 1 atom stereocenters. The molecule has 1 N–H and O–H groups in total. The number of alkyl carbamates (subject to hydrolysis) is 1. The molecule has 17 heavy (non-hydrogen) atoms. The highest BCUT2D eigenvalue weighted by Gasteiger charge is 2.23. The second-order valence-corrected chi connectivity index (χ2v) is 3.46. The first kappa shape index (κ1) is 13.3. The first-order valence-electron chi connectivity index (χ1n) is 4.87. The third-order valence-electron chi connectivity index (χ3n) is 2.22. The molecule has 0 saturated carbocycles. The molecule has 0 aromatic heterocycles. The number of halogens is 1. The molecule has 2 rings (SSSR count). The summed E-state index contributed by atoms with van der Waals surface area (Å²) in [5.74, 6) is 0.131. The number of rotatable bonds is 2. The van der Waals surface area contributed by atoms with Gasteiger partial charge in [0.25, 0.3) is 0 Å². The van der Waals surface area contributed by atoms with Crippen molar-refractivity contribution in [2.45, 2.75) is 13.0 Å². The lowest BCUT2D eigenvalue weighted by molar-refractivity contribution is -0.131. The number of hydrogen-bond acceptors (Lipinski definition) is 4. The lowest BCUT2D eigenvalue weighted by atomic mass is 10.1. The van der Waals surface area contributed by atoms with E-state index >= 15 is 0 Å². The number of carbonyl (C=O) groups is 2. The third-order valence-corrected chi connectivity index (χ3v) is 2.22. The monoisotopic (exact) mass is 257 g/mol. The Morgan fingerprint density at radius 2 is 2.06 bits per heavy atom. The van der Waals surface area contributed by atoms with Gasteiger partial charge in [0.05, 0.1) is 6.04 Å². The van der Waals surface area contributed by atoms with Crippen LogP contribution in [0.1, 0.15) is 18.5 Å². The van der Waals surface area contributed by atoms with Crippen molar-refractivity contribution >= 4 is 24.5 Å². The minimum atomic E-state index is -0.408. The number of hydrogen-bond donors (Lipinski definition) is 1. The average Bonchev–Trinajstić information content (AvgIpc) is 2.65. The van der Waals surface area contributed by atoms with Gasteiger partial charge in [-0.25, -0.2) is 4.79 Å². The van der Waals surface area contributed by atoms with Crippen LogP contribution in [0.2, 0.25) is 0 Å². The van der Waals surface area contributed by atoms with Gasteiger partial charge in [-0.15, -0.1) is 12.4 Å². The summed E-state index contributed by atoms with van der Waals surface area (Å²) >= 11 is 0. The SMILES string of the molecule is CC(=O)Oc1ccc([C@@H]2COC(=O)N2)cc1.Cl. The van der Waals surface area contributed by atoms with E-state index < -0.39 is 6.09 Å². The summed E-state index contributed by atoms with van der Waals surface area (Å²) in [6, 6.07) is 6.82. The van der Waals surface area contributed by atoms with Crippen LogP contribution >= 0.6 is 12.4 Å². The van der Waals surface area contributed by atoms with Crippen LogP contribution in [0.3, 0.4) is 0 Å². The van der Waals surface area contributed by atoms with Crippen molar-refractivity contribution in [1.82, 2.24) is 5.32 Å². The fourth-order valence-electron chi connectivity index (χ4n) is 1.50. The number of amides is 1. The van der Waals surface area contributed by atoms with Crippen molar-refractivity contribution in [1.29, 1.82) is 0 Å². The smallest absolute Gasteiger partial charge is 0.407 e. The Balaban J connectivity index is 0.00000144. The zero-order chi connectivity index (χ0) is 11.5. The maximum Gasteiger partial charge on any atom is 0.407 e. The Hall–Kier alpha value is -1.75. The number of esters is 1. The molecule has 0 radical (unpaired) electrons. The van der Waals surface area contributed by atoms with Crippen molar-refractivity contribution in [3.05, 3.63) is 29.8 Å². The van der Waals surface area contributed by atoms with Crippen molar-refractivity contribution in [2.75, 3.05) is 6.61 Å². The zero-order valence-electron chi connectivity index (χ0n) is 9.14. The summed E-state index contributed by atoms with van der Waals surface area (Å²) in [6.07, 6.45) is -0.408. The Kier molecular flexibility index (Phi) is 4.34. The molecule has 1 aliphatic heterocycles. The zero-order valence-corrected chi connectivity index (χ0v) is 9.95. The molecule has 1 aromatic carbocycles. The van der Waals surface area contributed by atoms with E-state index in [0.29, 0.717) is 12.4 Å². The van der Waals surface area contributed by atoms with Crippen molar-refractivity contribution in [3.8, 4) is 5.75 Å². The van der Waals surface area contributed by atoms with E-state index in [2.05, 4.69) is 5.32 Å². The van der Waals surface area contributed by atoms with E-state index in [4.69, 9.17) is 9.47 Å². The second kappa shape index (κ2) is 5.54. The van der Waals surface area contributed by atoms with Gasteiger partial charge in [0, 0.05) is 6.92 Å². The standard InChI is InChI=1S/C11H11NO4.ClH/c1-7(13)16-9-4-2-8(3-5-9)10-6-15-11(14)12-10;/h2-5,10H,6H2,1H3,(H,12,14);1H/t10-;/m0./s1. The molecule has 1 amide bonds. The highest BCUT2D eigenvalue weighted by atomic mass is 35.5. The number of cyclic esters (lactones) is 1. The molecule has 5 nitrogen and oxygen atoms in total. The molecular weight excluding hydrogens is 246 g/mol. The number of carbonyl (C=O) groups excluding carboxylic acids is 2. The van der Waals surface area contributed by atoms with Gasteiger partial charge in [-0.3, -0.25) is 4.79 Å². The largest absolute Gasteiger partial charge is 0.447 e. The lowest BCUT2D eigenvalue weighted by Gasteiger charge is -2.08. The van der Waals surface area contributed by atoms with Crippen molar-refractivity contribution in [3.63, 3.8) is 0 Å². The van der Waals surface area contributed by atoms with Crippen LogP contribution in [0.4, 0.5) is 4.79 Å². The van der Waals surface area contributed by atoms with Gasteiger partial charge >= 0.3 is 12.1 Å². The molecule has 6 heteroatoms.